The lowest BCUT2D eigenvalue weighted by atomic mass is 9.96. The van der Waals surface area contributed by atoms with E-state index in [1.54, 1.807) is 0 Å². The maximum Gasteiger partial charge on any atom is 0.233 e. The van der Waals surface area contributed by atoms with Crippen LogP contribution in [0.2, 0.25) is 0 Å². The molecule has 1 heterocycles. The summed E-state index contributed by atoms with van der Waals surface area (Å²) < 4.78 is 0. The number of unbranched alkanes of at least 4 members (excludes halogenated alkanes) is 1. The number of rotatable bonds is 5. The van der Waals surface area contributed by atoms with Gasteiger partial charge in [-0.2, -0.15) is 0 Å². The van der Waals surface area contributed by atoms with Crippen molar-refractivity contribution >= 4 is 27.7 Å². The lowest BCUT2D eigenvalue weighted by Crippen LogP contribution is -2.43. The Kier molecular flexibility index (Phi) is 6.55. The summed E-state index contributed by atoms with van der Waals surface area (Å²) >= 11 is 3.17. The zero-order valence-corrected chi connectivity index (χ0v) is 12.0. The summed E-state index contributed by atoms with van der Waals surface area (Å²) in [5.41, 5.74) is 0. The number of carbonyl (C=O) groups excluding carboxylic acids is 2. The van der Waals surface area contributed by atoms with E-state index in [4.69, 9.17) is 0 Å². The number of hydrogen-bond donors (Lipinski definition) is 1. The number of nitrogens with zero attached hydrogens (tertiary/aromatic N) is 1. The van der Waals surface area contributed by atoms with E-state index < -0.39 is 0 Å². The molecule has 0 unspecified atom stereocenters. The minimum absolute atomic E-state index is 0.0891. The highest BCUT2D eigenvalue weighted by Crippen LogP contribution is 2.17. The Bertz CT molecular complexity index is 263. The number of hydrogen-bond acceptors (Lipinski definition) is 2. The van der Waals surface area contributed by atoms with Crippen molar-refractivity contribution in [2.45, 2.75) is 32.6 Å². The predicted molar refractivity (Wildman–Crippen MR) is 71.0 cm³/mol. The number of nitrogens with one attached hydrogen (secondary N) is 1. The van der Waals surface area contributed by atoms with Crippen molar-refractivity contribution in [2.24, 2.45) is 5.92 Å². The standard InChI is InChI=1S/C12H21BrN2O2/c1-2-3-6-14-12(17)10-4-7-15(8-5-10)11(16)9-13/h10H,2-9H2,1H3,(H,14,17). The van der Waals surface area contributed by atoms with E-state index in [2.05, 4.69) is 28.2 Å². The van der Waals surface area contributed by atoms with Crippen LogP contribution >= 0.6 is 15.9 Å². The summed E-state index contributed by atoms with van der Waals surface area (Å²) in [6.45, 7) is 4.29. The fourth-order valence-corrected chi connectivity index (χ4v) is 2.36. The second-order valence-corrected chi connectivity index (χ2v) is 4.99. The van der Waals surface area contributed by atoms with Gasteiger partial charge in [-0.05, 0) is 19.3 Å². The molecule has 1 rings (SSSR count). The van der Waals surface area contributed by atoms with E-state index in [1.807, 2.05) is 4.90 Å². The van der Waals surface area contributed by atoms with Gasteiger partial charge in [-0.25, -0.2) is 0 Å². The molecule has 1 saturated heterocycles. The fourth-order valence-electron chi connectivity index (χ4n) is 2.01. The molecular weight excluding hydrogens is 284 g/mol. The lowest BCUT2D eigenvalue weighted by molar-refractivity contribution is -0.133. The number of carbonyl (C=O) groups is 2. The van der Waals surface area contributed by atoms with Crippen LogP contribution < -0.4 is 5.32 Å². The predicted octanol–water partition coefficient (Wildman–Crippen LogP) is 1.54. The first-order chi connectivity index (χ1) is 8.19. The number of amides is 2. The van der Waals surface area contributed by atoms with Crippen molar-refractivity contribution in [3.63, 3.8) is 0 Å². The molecule has 0 saturated carbocycles. The SMILES string of the molecule is CCCCNC(=O)C1CCN(C(=O)CBr)CC1. The van der Waals surface area contributed by atoms with Crippen LogP contribution in [0, 0.1) is 5.92 Å². The Morgan fingerprint density at radius 3 is 2.53 bits per heavy atom. The summed E-state index contributed by atoms with van der Waals surface area (Å²) in [7, 11) is 0. The first-order valence-electron chi connectivity index (χ1n) is 6.30. The minimum atomic E-state index is 0.0891. The zero-order chi connectivity index (χ0) is 12.7. The Morgan fingerprint density at radius 1 is 1.35 bits per heavy atom. The first-order valence-corrected chi connectivity index (χ1v) is 7.42. The minimum Gasteiger partial charge on any atom is -0.356 e. The van der Waals surface area contributed by atoms with Crippen molar-refractivity contribution < 1.29 is 9.59 Å². The van der Waals surface area contributed by atoms with Crippen LogP contribution in [0.3, 0.4) is 0 Å². The molecular formula is C12H21BrN2O2. The number of halogens is 1. The third-order valence-corrected chi connectivity index (χ3v) is 3.64. The zero-order valence-electron chi connectivity index (χ0n) is 10.4. The highest BCUT2D eigenvalue weighted by atomic mass is 79.9. The first kappa shape index (κ1) is 14.5. The van der Waals surface area contributed by atoms with Gasteiger partial charge in [0.2, 0.25) is 11.8 Å². The van der Waals surface area contributed by atoms with Gasteiger partial charge in [0.1, 0.15) is 0 Å². The molecule has 0 aromatic carbocycles. The lowest BCUT2D eigenvalue weighted by Gasteiger charge is -2.31. The van der Waals surface area contributed by atoms with Crippen molar-refractivity contribution in [3.05, 3.63) is 0 Å². The largest absolute Gasteiger partial charge is 0.356 e. The fraction of sp³-hybridized carbons (Fsp3) is 0.833. The van der Waals surface area contributed by atoms with Crippen molar-refractivity contribution in [2.75, 3.05) is 25.0 Å². The van der Waals surface area contributed by atoms with Crippen LogP contribution in [0.5, 0.6) is 0 Å². The molecule has 98 valence electrons. The van der Waals surface area contributed by atoms with Crippen molar-refractivity contribution in [3.8, 4) is 0 Å². The van der Waals surface area contributed by atoms with Crippen LogP contribution in [0.15, 0.2) is 0 Å². The molecule has 4 nitrogen and oxygen atoms in total. The molecule has 0 aromatic rings. The highest BCUT2D eigenvalue weighted by Gasteiger charge is 2.26. The molecule has 1 aliphatic heterocycles. The van der Waals surface area contributed by atoms with Crippen LogP contribution in [-0.4, -0.2) is 41.7 Å². The Balaban J connectivity index is 2.26. The van der Waals surface area contributed by atoms with Gasteiger partial charge in [-0.3, -0.25) is 9.59 Å². The van der Waals surface area contributed by atoms with E-state index in [0.29, 0.717) is 18.4 Å². The average Bonchev–Trinajstić information content (AvgIpc) is 2.38. The highest BCUT2D eigenvalue weighted by molar-refractivity contribution is 9.09. The molecule has 0 bridgehead atoms. The molecule has 5 heteroatoms. The maximum atomic E-state index is 11.8. The number of alkyl halides is 1. The third kappa shape index (κ3) is 4.66. The Morgan fingerprint density at radius 2 is 2.00 bits per heavy atom. The van der Waals surface area contributed by atoms with Gasteiger partial charge in [0.25, 0.3) is 0 Å². The maximum absolute atomic E-state index is 11.8. The summed E-state index contributed by atoms with van der Waals surface area (Å²) in [4.78, 5) is 25.1. The van der Waals surface area contributed by atoms with Crippen LogP contribution in [-0.2, 0) is 9.59 Å². The normalized spacial score (nSPS) is 16.9. The van der Waals surface area contributed by atoms with Gasteiger partial charge in [-0.15, -0.1) is 0 Å². The quantitative estimate of drug-likeness (QED) is 0.619. The van der Waals surface area contributed by atoms with Crippen LogP contribution in [0.1, 0.15) is 32.6 Å². The van der Waals surface area contributed by atoms with Gasteiger partial charge in [0, 0.05) is 25.6 Å². The molecule has 1 N–H and O–H groups in total. The molecule has 0 spiro atoms. The van der Waals surface area contributed by atoms with Gasteiger partial charge in [0.05, 0.1) is 5.33 Å². The molecule has 1 fully saturated rings. The number of likely N-dealkylation sites (tertiary alicyclic amines) is 1. The van der Waals surface area contributed by atoms with E-state index in [9.17, 15) is 9.59 Å². The summed E-state index contributed by atoms with van der Waals surface area (Å²) in [6, 6.07) is 0. The molecule has 0 atom stereocenters. The second-order valence-electron chi connectivity index (χ2n) is 4.43. The van der Waals surface area contributed by atoms with E-state index in [1.165, 1.54) is 0 Å². The Hall–Kier alpha value is -0.580. The molecule has 2 amide bonds. The molecule has 1 aliphatic rings. The number of piperidine rings is 1. The summed E-state index contributed by atoms with van der Waals surface area (Å²) in [6.07, 6.45) is 3.71. The molecule has 0 radical (unpaired) electrons. The summed E-state index contributed by atoms with van der Waals surface area (Å²) in [5.74, 6) is 0.366. The van der Waals surface area contributed by atoms with E-state index in [-0.39, 0.29) is 17.7 Å². The molecule has 0 aliphatic carbocycles. The third-order valence-electron chi connectivity index (χ3n) is 3.16. The van der Waals surface area contributed by atoms with Gasteiger partial charge in [0.15, 0.2) is 0 Å². The Labute approximate surface area is 111 Å². The summed E-state index contributed by atoms with van der Waals surface area (Å²) in [5, 5.41) is 3.34. The smallest absolute Gasteiger partial charge is 0.233 e. The average molecular weight is 305 g/mol. The molecule has 0 aromatic heterocycles. The monoisotopic (exact) mass is 304 g/mol. The van der Waals surface area contributed by atoms with Gasteiger partial charge >= 0.3 is 0 Å². The van der Waals surface area contributed by atoms with Gasteiger partial charge < -0.3 is 10.2 Å². The van der Waals surface area contributed by atoms with Crippen LogP contribution in [0.25, 0.3) is 0 Å². The second kappa shape index (κ2) is 7.69. The topological polar surface area (TPSA) is 49.4 Å². The van der Waals surface area contributed by atoms with E-state index in [0.717, 1.165) is 32.2 Å². The van der Waals surface area contributed by atoms with E-state index >= 15 is 0 Å². The van der Waals surface area contributed by atoms with Crippen LogP contribution in [0.4, 0.5) is 0 Å². The van der Waals surface area contributed by atoms with Crippen molar-refractivity contribution in [1.29, 1.82) is 0 Å². The van der Waals surface area contributed by atoms with Crippen molar-refractivity contribution in [1.82, 2.24) is 10.2 Å². The molecule has 17 heavy (non-hydrogen) atoms. The van der Waals surface area contributed by atoms with Gasteiger partial charge in [-0.1, -0.05) is 29.3 Å².